The first-order chi connectivity index (χ1) is 13.1. The number of nitrogens with one attached hydrogen (secondary N) is 1. The van der Waals surface area contributed by atoms with Gasteiger partial charge in [0.1, 0.15) is 6.04 Å². The number of aromatic nitrogens is 2. The molecule has 1 aromatic heterocycles. The Kier molecular flexibility index (Phi) is 4.62. The van der Waals surface area contributed by atoms with Gasteiger partial charge in [0.2, 0.25) is 11.7 Å². The normalized spacial score (nSPS) is 16.5. The van der Waals surface area contributed by atoms with Crippen LogP contribution in [0.1, 0.15) is 35.9 Å². The lowest BCUT2D eigenvalue weighted by Crippen LogP contribution is -2.34. The van der Waals surface area contributed by atoms with Gasteiger partial charge in [0.15, 0.2) is 0 Å². The second-order valence-electron chi connectivity index (χ2n) is 6.85. The summed E-state index contributed by atoms with van der Waals surface area (Å²) in [6.45, 7) is 4.72. The summed E-state index contributed by atoms with van der Waals surface area (Å²) in [4.78, 5) is 19.2. The van der Waals surface area contributed by atoms with Crippen LogP contribution in [-0.4, -0.2) is 27.6 Å². The van der Waals surface area contributed by atoms with Crippen LogP contribution in [0.2, 0.25) is 0 Å². The van der Waals surface area contributed by atoms with Crippen LogP contribution in [0.15, 0.2) is 53.1 Å². The van der Waals surface area contributed by atoms with Crippen LogP contribution in [-0.2, 0) is 0 Å². The zero-order valence-corrected chi connectivity index (χ0v) is 15.5. The maximum absolute atomic E-state index is 12.9. The number of nitrogens with zero attached hydrogens (tertiary/aromatic N) is 3. The molecule has 6 nitrogen and oxygen atoms in total. The highest BCUT2D eigenvalue weighted by atomic mass is 16.5. The Labute approximate surface area is 158 Å². The molecule has 3 aromatic rings. The molecule has 0 unspecified atom stereocenters. The number of aryl methyl sites for hydroxylation is 1. The number of hydrogen-bond acceptors (Lipinski definition) is 4. The van der Waals surface area contributed by atoms with E-state index in [2.05, 4.69) is 15.5 Å². The molecule has 0 radical (unpaired) electrons. The summed E-state index contributed by atoms with van der Waals surface area (Å²) in [6, 6.07) is 15.3. The molecular formula is C21H22N4O2. The minimum atomic E-state index is -0.194. The Bertz CT molecular complexity index is 952. The fraction of sp³-hybridized carbons (Fsp3) is 0.286. The minimum absolute atomic E-state index is 0.134. The highest BCUT2D eigenvalue weighted by molar-refractivity contribution is 5.90. The van der Waals surface area contributed by atoms with E-state index in [0.717, 1.165) is 35.2 Å². The van der Waals surface area contributed by atoms with Gasteiger partial charge in [0.25, 0.3) is 0 Å². The number of amides is 2. The van der Waals surface area contributed by atoms with Crippen molar-refractivity contribution in [3.8, 4) is 11.4 Å². The lowest BCUT2D eigenvalue weighted by Gasteiger charge is -2.23. The molecule has 6 heteroatoms. The summed E-state index contributed by atoms with van der Waals surface area (Å²) in [5.74, 6) is 1.04. The van der Waals surface area contributed by atoms with Crippen molar-refractivity contribution >= 4 is 11.7 Å². The van der Waals surface area contributed by atoms with Gasteiger partial charge in [-0.3, -0.25) is 0 Å². The van der Waals surface area contributed by atoms with Crippen molar-refractivity contribution in [2.75, 3.05) is 11.9 Å². The van der Waals surface area contributed by atoms with Crippen LogP contribution in [0.3, 0.4) is 0 Å². The highest BCUT2D eigenvalue weighted by Crippen LogP contribution is 2.32. The van der Waals surface area contributed by atoms with Crippen molar-refractivity contribution in [2.24, 2.45) is 0 Å². The van der Waals surface area contributed by atoms with Crippen molar-refractivity contribution < 1.29 is 9.32 Å². The van der Waals surface area contributed by atoms with Crippen LogP contribution < -0.4 is 5.32 Å². The second kappa shape index (κ2) is 7.23. The first-order valence-corrected chi connectivity index (χ1v) is 9.16. The van der Waals surface area contributed by atoms with E-state index in [4.69, 9.17) is 4.52 Å². The van der Waals surface area contributed by atoms with Crippen molar-refractivity contribution in [2.45, 2.75) is 32.7 Å². The van der Waals surface area contributed by atoms with E-state index in [-0.39, 0.29) is 12.1 Å². The van der Waals surface area contributed by atoms with Crippen molar-refractivity contribution in [1.29, 1.82) is 0 Å². The van der Waals surface area contributed by atoms with Gasteiger partial charge < -0.3 is 14.7 Å². The molecule has 0 aliphatic carbocycles. The van der Waals surface area contributed by atoms with Crippen molar-refractivity contribution in [1.82, 2.24) is 15.0 Å². The number of carbonyl (C=O) groups excluding carboxylic acids is 1. The Hall–Kier alpha value is -3.15. The summed E-state index contributed by atoms with van der Waals surface area (Å²) in [5.41, 5.74) is 3.96. The Morgan fingerprint density at radius 2 is 1.96 bits per heavy atom. The van der Waals surface area contributed by atoms with Gasteiger partial charge in [-0.2, -0.15) is 4.98 Å². The first-order valence-electron chi connectivity index (χ1n) is 9.16. The van der Waals surface area contributed by atoms with Gasteiger partial charge in [0, 0.05) is 17.8 Å². The third-order valence-corrected chi connectivity index (χ3v) is 5.12. The standard InChI is InChI=1S/C21H22N4O2/c1-14-8-6-11-17(15(14)2)22-21(26)25-13-7-12-18(25)20-23-19(24-27-20)16-9-4-3-5-10-16/h3-6,8-11,18H,7,12-13H2,1-2H3,(H,22,26)/t18-/m1/s1. The molecule has 4 rings (SSSR count). The van der Waals surface area contributed by atoms with Gasteiger partial charge in [0.05, 0.1) is 0 Å². The van der Waals surface area contributed by atoms with Crippen LogP contribution in [0.4, 0.5) is 10.5 Å². The predicted molar refractivity (Wildman–Crippen MR) is 103 cm³/mol. The topological polar surface area (TPSA) is 71.3 Å². The molecule has 2 amide bonds. The number of urea groups is 1. The summed E-state index contributed by atoms with van der Waals surface area (Å²) < 4.78 is 5.49. The highest BCUT2D eigenvalue weighted by Gasteiger charge is 2.34. The molecule has 27 heavy (non-hydrogen) atoms. The Morgan fingerprint density at radius 3 is 2.78 bits per heavy atom. The van der Waals surface area contributed by atoms with Gasteiger partial charge >= 0.3 is 6.03 Å². The summed E-state index contributed by atoms with van der Waals surface area (Å²) in [6.07, 6.45) is 1.73. The number of hydrogen-bond donors (Lipinski definition) is 1. The third kappa shape index (κ3) is 3.43. The SMILES string of the molecule is Cc1cccc(NC(=O)N2CCC[C@@H]2c2nc(-c3ccccc3)no2)c1C. The largest absolute Gasteiger partial charge is 0.337 e. The molecule has 1 N–H and O–H groups in total. The van der Waals surface area contributed by atoms with E-state index in [1.165, 1.54) is 0 Å². The van der Waals surface area contributed by atoms with Crippen LogP contribution in [0.25, 0.3) is 11.4 Å². The van der Waals surface area contributed by atoms with E-state index in [9.17, 15) is 4.79 Å². The lowest BCUT2D eigenvalue weighted by atomic mass is 10.1. The smallest absolute Gasteiger partial charge is 0.322 e. The molecule has 0 bridgehead atoms. The molecule has 1 aliphatic heterocycles. The van der Waals surface area contributed by atoms with E-state index < -0.39 is 0 Å². The van der Waals surface area contributed by atoms with Crippen LogP contribution in [0.5, 0.6) is 0 Å². The van der Waals surface area contributed by atoms with Crippen LogP contribution >= 0.6 is 0 Å². The monoisotopic (exact) mass is 362 g/mol. The number of rotatable bonds is 3. The maximum Gasteiger partial charge on any atom is 0.322 e. The fourth-order valence-corrected chi connectivity index (χ4v) is 3.42. The first kappa shape index (κ1) is 17.3. The maximum atomic E-state index is 12.9. The summed E-state index contributed by atoms with van der Waals surface area (Å²) in [5, 5.41) is 7.12. The molecule has 2 aromatic carbocycles. The second-order valence-corrected chi connectivity index (χ2v) is 6.85. The average Bonchev–Trinajstić information content (AvgIpc) is 3.35. The molecule has 0 spiro atoms. The van der Waals surface area contributed by atoms with E-state index in [0.29, 0.717) is 18.3 Å². The predicted octanol–water partition coefficient (Wildman–Crippen LogP) is 4.72. The molecule has 138 valence electrons. The summed E-state index contributed by atoms with van der Waals surface area (Å²) >= 11 is 0. The van der Waals surface area contributed by atoms with Gasteiger partial charge in [-0.05, 0) is 43.9 Å². The number of benzene rings is 2. The molecular weight excluding hydrogens is 340 g/mol. The minimum Gasteiger partial charge on any atom is -0.337 e. The third-order valence-electron chi connectivity index (χ3n) is 5.12. The molecule has 1 saturated heterocycles. The molecule has 1 atom stereocenters. The molecule has 1 fully saturated rings. The van der Waals surface area contributed by atoms with Crippen LogP contribution in [0, 0.1) is 13.8 Å². The number of carbonyl (C=O) groups is 1. The Balaban J connectivity index is 1.53. The quantitative estimate of drug-likeness (QED) is 0.732. The lowest BCUT2D eigenvalue weighted by molar-refractivity contribution is 0.193. The Morgan fingerprint density at radius 1 is 1.15 bits per heavy atom. The molecule has 1 aliphatic rings. The zero-order valence-electron chi connectivity index (χ0n) is 15.5. The van der Waals surface area contributed by atoms with E-state index in [1.54, 1.807) is 4.90 Å². The molecule has 2 heterocycles. The van der Waals surface area contributed by atoms with E-state index in [1.807, 2.05) is 62.4 Å². The fourth-order valence-electron chi connectivity index (χ4n) is 3.42. The van der Waals surface area contributed by atoms with Crippen molar-refractivity contribution in [3.05, 3.63) is 65.5 Å². The zero-order chi connectivity index (χ0) is 18.8. The van der Waals surface area contributed by atoms with Gasteiger partial charge in [-0.25, -0.2) is 4.79 Å². The number of likely N-dealkylation sites (tertiary alicyclic amines) is 1. The van der Waals surface area contributed by atoms with E-state index >= 15 is 0 Å². The average molecular weight is 362 g/mol. The molecule has 0 saturated carbocycles. The van der Waals surface area contributed by atoms with Crippen molar-refractivity contribution in [3.63, 3.8) is 0 Å². The number of anilines is 1. The summed E-state index contributed by atoms with van der Waals surface area (Å²) in [7, 11) is 0. The van der Waals surface area contributed by atoms with Gasteiger partial charge in [-0.1, -0.05) is 47.6 Å². The van der Waals surface area contributed by atoms with Gasteiger partial charge in [-0.15, -0.1) is 0 Å².